The van der Waals surface area contributed by atoms with E-state index in [1.165, 1.54) is 18.2 Å². The number of ether oxygens (including phenoxy) is 1. The Morgan fingerprint density at radius 3 is 2.70 bits per heavy atom. The average molecular weight is 313 g/mol. The van der Waals surface area contributed by atoms with Crippen molar-refractivity contribution in [1.82, 2.24) is 5.32 Å². The molecule has 5 heteroatoms. The predicted molar refractivity (Wildman–Crippen MR) is 88.1 cm³/mol. The maximum Gasteiger partial charge on any atom is 0.336 e. The molecule has 1 atom stereocenters. The number of aromatic hydroxyl groups is 1. The minimum Gasteiger partial charge on any atom is -0.504 e. The van der Waals surface area contributed by atoms with E-state index >= 15 is 0 Å². The van der Waals surface area contributed by atoms with Gasteiger partial charge < -0.3 is 20.3 Å². The van der Waals surface area contributed by atoms with E-state index in [1.807, 2.05) is 30.3 Å². The molecule has 0 aliphatic rings. The molecule has 3 N–H and O–H groups in total. The molecule has 0 amide bonds. The Bertz CT molecular complexity index is 683. The van der Waals surface area contributed by atoms with Gasteiger partial charge in [0.25, 0.3) is 0 Å². The molecule has 120 valence electrons. The van der Waals surface area contributed by atoms with E-state index in [2.05, 4.69) is 5.32 Å². The summed E-state index contributed by atoms with van der Waals surface area (Å²) in [6, 6.07) is 13.7. The Labute approximate surface area is 134 Å². The quantitative estimate of drug-likeness (QED) is 0.433. The predicted octanol–water partition coefficient (Wildman–Crippen LogP) is 2.26. The Balaban J connectivity index is 2.08. The molecule has 0 aliphatic carbocycles. The summed E-state index contributed by atoms with van der Waals surface area (Å²) in [5.41, 5.74) is 1.42. The Morgan fingerprint density at radius 1 is 1.26 bits per heavy atom. The highest BCUT2D eigenvalue weighted by Gasteiger charge is 2.12. The van der Waals surface area contributed by atoms with Crippen LogP contribution in [0.5, 0.6) is 11.5 Å². The fraction of sp³-hybridized carbons (Fsp3) is 0.167. The van der Waals surface area contributed by atoms with Crippen molar-refractivity contribution in [3.63, 3.8) is 0 Å². The second kappa shape index (κ2) is 8.12. The third kappa shape index (κ3) is 4.95. The number of carbonyl (C=O) groups excluding carboxylic acids is 1. The van der Waals surface area contributed by atoms with Crippen molar-refractivity contribution in [3.8, 4) is 11.5 Å². The molecular formula is C18H19NO4. The van der Waals surface area contributed by atoms with Crippen molar-refractivity contribution in [2.45, 2.75) is 6.10 Å². The molecule has 0 heterocycles. The third-order valence-corrected chi connectivity index (χ3v) is 3.19. The van der Waals surface area contributed by atoms with Crippen molar-refractivity contribution in [3.05, 3.63) is 65.7 Å². The first-order valence-corrected chi connectivity index (χ1v) is 7.20. The number of aliphatic hydroxyl groups is 1. The molecule has 0 spiro atoms. The topological polar surface area (TPSA) is 78.8 Å². The van der Waals surface area contributed by atoms with E-state index in [0.29, 0.717) is 12.1 Å². The summed E-state index contributed by atoms with van der Waals surface area (Å²) >= 11 is 0. The van der Waals surface area contributed by atoms with Gasteiger partial charge >= 0.3 is 5.97 Å². The van der Waals surface area contributed by atoms with Gasteiger partial charge in [-0.2, -0.15) is 0 Å². The van der Waals surface area contributed by atoms with Crippen molar-refractivity contribution in [2.75, 3.05) is 13.6 Å². The Hall–Kier alpha value is -2.63. The van der Waals surface area contributed by atoms with Crippen molar-refractivity contribution in [1.29, 1.82) is 0 Å². The zero-order valence-corrected chi connectivity index (χ0v) is 12.8. The largest absolute Gasteiger partial charge is 0.504 e. The molecular weight excluding hydrogens is 294 g/mol. The van der Waals surface area contributed by atoms with Gasteiger partial charge in [0.15, 0.2) is 11.5 Å². The van der Waals surface area contributed by atoms with Gasteiger partial charge in [0.1, 0.15) is 0 Å². The lowest BCUT2D eigenvalue weighted by Crippen LogP contribution is -2.16. The average Bonchev–Trinajstić information content (AvgIpc) is 2.56. The van der Waals surface area contributed by atoms with Gasteiger partial charge in [0, 0.05) is 12.6 Å². The first-order chi connectivity index (χ1) is 11.1. The fourth-order valence-electron chi connectivity index (χ4n) is 2.00. The van der Waals surface area contributed by atoms with Crippen LogP contribution in [0.1, 0.15) is 17.2 Å². The Kier molecular flexibility index (Phi) is 5.91. The molecule has 5 nitrogen and oxygen atoms in total. The van der Waals surface area contributed by atoms with Gasteiger partial charge in [0.2, 0.25) is 0 Å². The number of hydrogen-bond donors (Lipinski definition) is 3. The van der Waals surface area contributed by atoms with Gasteiger partial charge in [-0.1, -0.05) is 36.4 Å². The monoisotopic (exact) mass is 313 g/mol. The van der Waals surface area contributed by atoms with Crippen LogP contribution in [-0.2, 0) is 4.79 Å². The minimum atomic E-state index is -0.752. The summed E-state index contributed by atoms with van der Waals surface area (Å²) in [4.78, 5) is 11.8. The standard InChI is InChI=1S/C18H19NO4/c1-19-12-16(21)14-8-9-15(20)17(11-14)23-18(22)10-7-13-5-3-2-4-6-13/h2-11,16,19-21H,12H2,1H3. The molecule has 0 aromatic heterocycles. The molecule has 0 radical (unpaired) electrons. The second-order valence-electron chi connectivity index (χ2n) is 4.97. The number of rotatable bonds is 6. The van der Waals surface area contributed by atoms with Crippen LogP contribution in [0, 0.1) is 0 Å². The maximum atomic E-state index is 11.8. The van der Waals surface area contributed by atoms with Gasteiger partial charge in [-0.25, -0.2) is 4.79 Å². The number of nitrogens with one attached hydrogen (secondary N) is 1. The van der Waals surface area contributed by atoms with Crippen LogP contribution in [0.4, 0.5) is 0 Å². The number of aliphatic hydroxyl groups excluding tert-OH is 1. The van der Waals surface area contributed by atoms with Crippen LogP contribution in [0.25, 0.3) is 6.08 Å². The first-order valence-electron chi connectivity index (χ1n) is 7.20. The van der Waals surface area contributed by atoms with Gasteiger partial charge in [-0.05, 0) is 36.4 Å². The summed E-state index contributed by atoms with van der Waals surface area (Å²) in [6.45, 7) is 0.353. The Morgan fingerprint density at radius 2 is 2.00 bits per heavy atom. The lowest BCUT2D eigenvalue weighted by Gasteiger charge is -2.12. The lowest BCUT2D eigenvalue weighted by molar-refractivity contribution is -0.129. The van der Waals surface area contributed by atoms with Crippen LogP contribution in [0.2, 0.25) is 0 Å². The molecule has 2 aromatic carbocycles. The highest BCUT2D eigenvalue weighted by Crippen LogP contribution is 2.29. The molecule has 0 bridgehead atoms. The number of phenols is 1. The van der Waals surface area contributed by atoms with Crippen molar-refractivity contribution < 1.29 is 19.7 Å². The summed E-state index contributed by atoms with van der Waals surface area (Å²) in [6.07, 6.45) is 2.16. The van der Waals surface area contributed by atoms with Crippen LogP contribution in [0.15, 0.2) is 54.6 Å². The summed E-state index contributed by atoms with van der Waals surface area (Å²) in [7, 11) is 1.72. The highest BCUT2D eigenvalue weighted by molar-refractivity contribution is 5.89. The number of likely N-dealkylation sites (N-methyl/N-ethyl adjacent to an activating group) is 1. The molecule has 0 saturated carbocycles. The van der Waals surface area contributed by atoms with Crippen molar-refractivity contribution >= 4 is 12.0 Å². The van der Waals surface area contributed by atoms with Crippen LogP contribution >= 0.6 is 0 Å². The summed E-state index contributed by atoms with van der Waals surface area (Å²) < 4.78 is 5.13. The first kappa shape index (κ1) is 16.7. The SMILES string of the molecule is CNCC(O)c1ccc(O)c(OC(=O)C=Cc2ccccc2)c1. The van der Waals surface area contributed by atoms with E-state index in [0.717, 1.165) is 5.56 Å². The van der Waals surface area contributed by atoms with Gasteiger partial charge in [-0.15, -0.1) is 0 Å². The number of carbonyl (C=O) groups is 1. The molecule has 23 heavy (non-hydrogen) atoms. The normalized spacial score (nSPS) is 12.3. The second-order valence-corrected chi connectivity index (χ2v) is 4.97. The van der Waals surface area contributed by atoms with Gasteiger partial charge in [-0.3, -0.25) is 0 Å². The third-order valence-electron chi connectivity index (χ3n) is 3.19. The zero-order valence-electron chi connectivity index (χ0n) is 12.8. The van der Waals surface area contributed by atoms with Gasteiger partial charge in [0.05, 0.1) is 6.10 Å². The van der Waals surface area contributed by atoms with Crippen LogP contribution < -0.4 is 10.1 Å². The zero-order chi connectivity index (χ0) is 16.7. The van der Waals surface area contributed by atoms with Crippen LogP contribution in [0.3, 0.4) is 0 Å². The summed E-state index contributed by atoms with van der Waals surface area (Å²) in [5.74, 6) is -0.753. The lowest BCUT2D eigenvalue weighted by atomic mass is 10.1. The number of benzene rings is 2. The number of phenolic OH excluding ortho intramolecular Hbond substituents is 1. The van der Waals surface area contributed by atoms with E-state index in [9.17, 15) is 15.0 Å². The fourth-order valence-corrected chi connectivity index (χ4v) is 2.00. The highest BCUT2D eigenvalue weighted by atomic mass is 16.5. The smallest absolute Gasteiger partial charge is 0.336 e. The molecule has 2 aromatic rings. The maximum absolute atomic E-state index is 11.8. The molecule has 1 unspecified atom stereocenters. The van der Waals surface area contributed by atoms with E-state index in [1.54, 1.807) is 19.2 Å². The molecule has 0 fully saturated rings. The summed E-state index contributed by atoms with van der Waals surface area (Å²) in [5, 5.41) is 22.6. The van der Waals surface area contributed by atoms with Crippen LogP contribution in [-0.4, -0.2) is 29.8 Å². The van der Waals surface area contributed by atoms with E-state index in [4.69, 9.17) is 4.74 Å². The minimum absolute atomic E-state index is 0.0142. The molecule has 0 aliphatic heterocycles. The number of esters is 1. The van der Waals surface area contributed by atoms with E-state index in [-0.39, 0.29) is 11.5 Å². The molecule has 2 rings (SSSR count). The van der Waals surface area contributed by atoms with E-state index < -0.39 is 12.1 Å². The molecule has 0 saturated heterocycles. The van der Waals surface area contributed by atoms with Crippen molar-refractivity contribution in [2.24, 2.45) is 0 Å². The number of hydrogen-bond acceptors (Lipinski definition) is 5.